The molecule has 28 heavy (non-hydrogen) atoms. The van der Waals surface area contributed by atoms with Gasteiger partial charge in [-0.25, -0.2) is 4.68 Å². The van der Waals surface area contributed by atoms with Crippen LogP contribution in [0.2, 0.25) is 0 Å². The van der Waals surface area contributed by atoms with Gasteiger partial charge in [-0.05, 0) is 42.0 Å². The van der Waals surface area contributed by atoms with E-state index in [1.807, 2.05) is 18.2 Å². The lowest BCUT2D eigenvalue weighted by Crippen LogP contribution is -2.27. The fourth-order valence-corrected chi connectivity index (χ4v) is 4.27. The summed E-state index contributed by atoms with van der Waals surface area (Å²) in [7, 11) is 0. The summed E-state index contributed by atoms with van der Waals surface area (Å²) in [6.07, 6.45) is -0.622. The van der Waals surface area contributed by atoms with Crippen LogP contribution in [0.1, 0.15) is 41.1 Å². The number of benzene rings is 2. The molecule has 1 aliphatic heterocycles. The predicted octanol–water partition coefficient (Wildman–Crippen LogP) is 5.06. The summed E-state index contributed by atoms with van der Waals surface area (Å²) < 4.78 is 42.9. The number of aryl methyl sites for hydroxylation is 1. The third-order valence-corrected chi connectivity index (χ3v) is 5.45. The van der Waals surface area contributed by atoms with Crippen LogP contribution >= 0.6 is 0 Å². The quantitative estimate of drug-likeness (QED) is 0.640. The van der Waals surface area contributed by atoms with Crippen LogP contribution in [-0.2, 0) is 12.6 Å². The molecule has 4 nitrogen and oxygen atoms in total. The first-order valence-corrected chi connectivity index (χ1v) is 9.18. The number of alkyl halides is 3. The average Bonchev–Trinajstić information content (AvgIpc) is 3.07. The number of halogens is 3. The number of anilines is 1. The van der Waals surface area contributed by atoms with Crippen molar-refractivity contribution in [3.8, 4) is 0 Å². The summed E-state index contributed by atoms with van der Waals surface area (Å²) in [5.74, 6) is 0.456. The molecule has 1 aliphatic carbocycles. The zero-order valence-electron chi connectivity index (χ0n) is 14.9. The second-order valence-corrected chi connectivity index (χ2v) is 7.05. The Bertz CT molecular complexity index is 1080. The summed E-state index contributed by atoms with van der Waals surface area (Å²) in [6, 6.07) is 13.1. The second-order valence-electron chi connectivity index (χ2n) is 7.05. The van der Waals surface area contributed by atoms with Crippen molar-refractivity contribution >= 4 is 11.6 Å². The van der Waals surface area contributed by atoms with E-state index in [0.717, 1.165) is 35.7 Å². The number of hydrogen-bond donors (Lipinski definition) is 1. The van der Waals surface area contributed by atoms with Crippen molar-refractivity contribution < 1.29 is 13.2 Å². The lowest BCUT2D eigenvalue weighted by Gasteiger charge is -2.31. The van der Waals surface area contributed by atoms with E-state index < -0.39 is 17.8 Å². The third kappa shape index (κ3) is 2.61. The first-order chi connectivity index (χ1) is 13.5. The van der Waals surface area contributed by atoms with E-state index in [-0.39, 0.29) is 5.56 Å². The van der Waals surface area contributed by atoms with E-state index in [1.54, 1.807) is 16.8 Å². The smallest absolute Gasteiger partial charge is 0.324 e. The van der Waals surface area contributed by atoms with Gasteiger partial charge in [0.2, 0.25) is 5.95 Å². The molecule has 5 rings (SSSR count). The maximum Gasteiger partial charge on any atom is 0.416 e. The van der Waals surface area contributed by atoms with Gasteiger partial charge in [-0.3, -0.25) is 0 Å². The van der Waals surface area contributed by atoms with Gasteiger partial charge in [0.25, 0.3) is 0 Å². The van der Waals surface area contributed by atoms with Gasteiger partial charge >= 0.3 is 6.18 Å². The van der Waals surface area contributed by atoms with Crippen LogP contribution in [0.15, 0.2) is 60.4 Å². The lowest BCUT2D eigenvalue weighted by molar-refractivity contribution is -0.138. The molecule has 7 heteroatoms. The van der Waals surface area contributed by atoms with E-state index in [0.29, 0.717) is 12.4 Å². The van der Waals surface area contributed by atoms with Gasteiger partial charge in [0, 0.05) is 5.56 Å². The van der Waals surface area contributed by atoms with Crippen molar-refractivity contribution in [2.45, 2.75) is 31.5 Å². The Morgan fingerprint density at radius 2 is 1.79 bits per heavy atom. The first kappa shape index (κ1) is 17.0. The van der Waals surface area contributed by atoms with Gasteiger partial charge in [-0.2, -0.15) is 23.3 Å². The Morgan fingerprint density at radius 3 is 2.64 bits per heavy atom. The van der Waals surface area contributed by atoms with E-state index in [4.69, 9.17) is 0 Å². The Morgan fingerprint density at radius 1 is 1.00 bits per heavy atom. The molecule has 2 aromatic carbocycles. The summed E-state index contributed by atoms with van der Waals surface area (Å²) in [6.45, 7) is 0. The molecule has 0 fully saturated rings. The van der Waals surface area contributed by atoms with E-state index in [1.165, 1.54) is 18.0 Å². The molecule has 0 radical (unpaired) electrons. The molecule has 1 atom stereocenters. The largest absolute Gasteiger partial charge is 0.416 e. The molecule has 0 saturated carbocycles. The van der Waals surface area contributed by atoms with Crippen LogP contribution in [-0.4, -0.2) is 14.8 Å². The molecule has 0 unspecified atom stereocenters. The third-order valence-electron chi connectivity index (χ3n) is 5.45. The zero-order chi connectivity index (χ0) is 19.3. The van der Waals surface area contributed by atoms with Gasteiger partial charge in [-0.15, -0.1) is 0 Å². The van der Waals surface area contributed by atoms with Crippen molar-refractivity contribution in [3.05, 3.63) is 82.7 Å². The number of fused-ring (bicyclic) bond motifs is 3. The first-order valence-electron chi connectivity index (χ1n) is 9.18. The van der Waals surface area contributed by atoms with Crippen molar-refractivity contribution in [1.29, 1.82) is 0 Å². The molecule has 2 aliphatic rings. The normalized spacial score (nSPS) is 18.6. The topological polar surface area (TPSA) is 42.7 Å². The fraction of sp³-hybridized carbons (Fsp3) is 0.238. The summed E-state index contributed by atoms with van der Waals surface area (Å²) in [5, 5.41) is 7.58. The molecule has 0 spiro atoms. The Labute approximate surface area is 159 Å². The van der Waals surface area contributed by atoms with Crippen molar-refractivity contribution in [2.75, 3.05) is 5.32 Å². The van der Waals surface area contributed by atoms with E-state index >= 15 is 0 Å². The molecule has 2 heterocycles. The Hall–Kier alpha value is -3.09. The zero-order valence-corrected chi connectivity index (χ0v) is 14.9. The van der Waals surface area contributed by atoms with Gasteiger partial charge in [-0.1, -0.05) is 42.5 Å². The molecule has 0 amide bonds. The minimum atomic E-state index is -4.44. The summed E-state index contributed by atoms with van der Waals surface area (Å²) >= 11 is 0. The van der Waals surface area contributed by atoms with Gasteiger partial charge < -0.3 is 5.32 Å². The van der Waals surface area contributed by atoms with Crippen molar-refractivity contribution in [3.63, 3.8) is 0 Å². The molecule has 142 valence electrons. The van der Waals surface area contributed by atoms with Gasteiger partial charge in [0.15, 0.2) is 0 Å². The van der Waals surface area contributed by atoms with Gasteiger partial charge in [0.1, 0.15) is 12.4 Å². The van der Waals surface area contributed by atoms with Crippen LogP contribution in [0.3, 0.4) is 0 Å². The van der Waals surface area contributed by atoms with Crippen LogP contribution < -0.4 is 5.32 Å². The molecule has 0 bridgehead atoms. The summed E-state index contributed by atoms with van der Waals surface area (Å²) in [4.78, 5) is 4.24. The second kappa shape index (κ2) is 6.22. The maximum atomic E-state index is 13.8. The standard InChI is InChI=1S/C21H17F3N4/c22-21(23,24)17-11-4-3-9-15(17)19-16-10-5-7-13-6-1-2-8-14(13)18(16)27-20-25-12-26-28(19)20/h1-4,6,8-9,11-12,19H,5,7,10H2,(H,25,26,27)/t19-/m1/s1. The number of nitrogens with zero attached hydrogens (tertiary/aromatic N) is 3. The molecule has 3 aromatic rings. The van der Waals surface area contributed by atoms with Crippen molar-refractivity contribution in [2.24, 2.45) is 0 Å². The highest BCUT2D eigenvalue weighted by Crippen LogP contribution is 2.46. The highest BCUT2D eigenvalue weighted by Gasteiger charge is 2.39. The molecule has 1 N–H and O–H groups in total. The van der Waals surface area contributed by atoms with Crippen LogP contribution in [0, 0.1) is 0 Å². The molecular formula is C21H17F3N4. The van der Waals surface area contributed by atoms with Crippen LogP contribution in [0.5, 0.6) is 0 Å². The van der Waals surface area contributed by atoms with E-state index in [2.05, 4.69) is 21.5 Å². The number of nitrogens with one attached hydrogen (secondary N) is 1. The maximum absolute atomic E-state index is 13.8. The van der Waals surface area contributed by atoms with Crippen LogP contribution in [0.25, 0.3) is 5.70 Å². The monoisotopic (exact) mass is 382 g/mol. The average molecular weight is 382 g/mol. The van der Waals surface area contributed by atoms with Crippen molar-refractivity contribution in [1.82, 2.24) is 14.8 Å². The molecular weight excluding hydrogens is 365 g/mol. The highest BCUT2D eigenvalue weighted by atomic mass is 19.4. The number of aromatic nitrogens is 3. The number of allylic oxidation sites excluding steroid dienone is 1. The fourth-order valence-electron chi connectivity index (χ4n) is 4.27. The lowest BCUT2D eigenvalue weighted by atomic mass is 9.88. The number of rotatable bonds is 1. The minimum Gasteiger partial charge on any atom is -0.324 e. The SMILES string of the molecule is FC(F)(F)c1ccccc1[C@@H]1C2=C(Nc3ncnn31)c1ccccc1CCC2. The Balaban J connectivity index is 1.78. The van der Waals surface area contributed by atoms with E-state index in [9.17, 15) is 13.2 Å². The summed E-state index contributed by atoms with van der Waals surface area (Å²) in [5.41, 5.74) is 3.56. The van der Waals surface area contributed by atoms with Crippen LogP contribution in [0.4, 0.5) is 19.1 Å². The molecule has 1 aromatic heterocycles. The predicted molar refractivity (Wildman–Crippen MR) is 99.5 cm³/mol. The van der Waals surface area contributed by atoms with Gasteiger partial charge in [0.05, 0.1) is 11.3 Å². The molecule has 0 saturated heterocycles. The minimum absolute atomic E-state index is 0.204. The Kier molecular flexibility index (Phi) is 3.79. The number of hydrogen-bond acceptors (Lipinski definition) is 3. The highest BCUT2D eigenvalue weighted by molar-refractivity contribution is 5.82.